The molecule has 1 fully saturated rings. The molecular formula is C19H26N4O2S2. The van der Waals surface area contributed by atoms with E-state index in [1.807, 2.05) is 31.2 Å². The molecule has 1 heterocycles. The molecule has 0 saturated heterocycles. The van der Waals surface area contributed by atoms with Crippen LogP contribution in [0.2, 0.25) is 0 Å². The number of nitrogens with zero attached hydrogens (tertiary/aromatic N) is 2. The summed E-state index contributed by atoms with van der Waals surface area (Å²) in [5, 5.41) is 15.4. The van der Waals surface area contributed by atoms with Gasteiger partial charge in [-0.2, -0.15) is 0 Å². The molecule has 2 N–H and O–H groups in total. The minimum atomic E-state index is 0.0742. The molecule has 0 spiro atoms. The summed E-state index contributed by atoms with van der Waals surface area (Å²) in [6.07, 6.45) is 4.77. The van der Waals surface area contributed by atoms with Gasteiger partial charge in [-0.3, -0.25) is 4.79 Å². The third-order valence-corrected chi connectivity index (χ3v) is 6.59. The van der Waals surface area contributed by atoms with Crippen molar-refractivity contribution in [2.45, 2.75) is 49.9 Å². The molecule has 1 saturated carbocycles. The Kier molecular flexibility index (Phi) is 7.34. The second kappa shape index (κ2) is 9.94. The summed E-state index contributed by atoms with van der Waals surface area (Å²) in [5.74, 6) is 1.79. The molecule has 8 heteroatoms. The summed E-state index contributed by atoms with van der Waals surface area (Å²) in [6.45, 7) is 4.78. The SMILES string of the molecule is CCOc1ccccc1Nc1nnc(SCC(=O)N[C@H]2CCCC[C@@H]2C)s1. The third-order valence-electron chi connectivity index (χ3n) is 4.62. The average Bonchev–Trinajstić information content (AvgIpc) is 3.11. The van der Waals surface area contributed by atoms with Gasteiger partial charge in [0.15, 0.2) is 4.34 Å². The molecule has 0 unspecified atom stereocenters. The Bertz CT molecular complexity index is 753. The van der Waals surface area contributed by atoms with Gasteiger partial charge in [0.1, 0.15) is 5.75 Å². The Morgan fingerprint density at radius 2 is 2.11 bits per heavy atom. The first kappa shape index (κ1) is 19.9. The summed E-state index contributed by atoms with van der Waals surface area (Å²) in [7, 11) is 0. The number of carbonyl (C=O) groups excluding carboxylic acids is 1. The van der Waals surface area contributed by atoms with Crippen molar-refractivity contribution >= 4 is 39.8 Å². The van der Waals surface area contributed by atoms with Gasteiger partial charge in [-0.1, -0.05) is 55.0 Å². The Hall–Kier alpha value is -1.80. The highest BCUT2D eigenvalue weighted by atomic mass is 32.2. The van der Waals surface area contributed by atoms with E-state index in [1.54, 1.807) is 0 Å². The standard InChI is InChI=1S/C19H26N4O2S2/c1-3-25-16-11-7-6-10-15(16)21-18-22-23-19(27-18)26-12-17(24)20-14-9-5-4-8-13(14)2/h6-7,10-11,13-14H,3-5,8-9,12H2,1-2H3,(H,20,24)(H,21,22)/t13-,14-/m0/s1. The van der Waals surface area contributed by atoms with Gasteiger partial charge in [-0.15, -0.1) is 10.2 Å². The highest BCUT2D eigenvalue weighted by Crippen LogP contribution is 2.31. The highest BCUT2D eigenvalue weighted by molar-refractivity contribution is 8.01. The summed E-state index contributed by atoms with van der Waals surface area (Å²) in [4.78, 5) is 12.2. The number of amides is 1. The molecule has 1 aromatic heterocycles. The number of ether oxygens (including phenoxy) is 1. The second-order valence-electron chi connectivity index (χ2n) is 6.65. The third kappa shape index (κ3) is 5.84. The Morgan fingerprint density at radius 1 is 1.30 bits per heavy atom. The van der Waals surface area contributed by atoms with Crippen molar-refractivity contribution in [1.82, 2.24) is 15.5 Å². The molecule has 0 aliphatic heterocycles. The number of hydrogen-bond acceptors (Lipinski definition) is 7. The van der Waals surface area contributed by atoms with Gasteiger partial charge in [-0.05, 0) is 37.8 Å². The van der Waals surface area contributed by atoms with Gasteiger partial charge < -0.3 is 15.4 Å². The monoisotopic (exact) mass is 406 g/mol. The van der Waals surface area contributed by atoms with Crippen LogP contribution in [0.5, 0.6) is 5.75 Å². The van der Waals surface area contributed by atoms with E-state index in [-0.39, 0.29) is 5.91 Å². The van der Waals surface area contributed by atoms with E-state index in [0.717, 1.165) is 22.2 Å². The normalized spacial score (nSPS) is 19.5. The number of aromatic nitrogens is 2. The van der Waals surface area contributed by atoms with Gasteiger partial charge in [0, 0.05) is 6.04 Å². The number of hydrogen-bond donors (Lipinski definition) is 2. The number of anilines is 2. The smallest absolute Gasteiger partial charge is 0.230 e. The average molecular weight is 407 g/mol. The van der Waals surface area contributed by atoms with Crippen molar-refractivity contribution in [3.8, 4) is 5.75 Å². The lowest BCUT2D eigenvalue weighted by atomic mass is 9.86. The largest absolute Gasteiger partial charge is 0.492 e. The van der Waals surface area contributed by atoms with Gasteiger partial charge in [-0.25, -0.2) is 0 Å². The van der Waals surface area contributed by atoms with E-state index in [0.29, 0.717) is 29.5 Å². The number of carbonyl (C=O) groups is 1. The Balaban J connectivity index is 1.50. The minimum Gasteiger partial charge on any atom is -0.492 e. The van der Waals surface area contributed by atoms with Crippen LogP contribution in [0.3, 0.4) is 0 Å². The fourth-order valence-electron chi connectivity index (χ4n) is 3.19. The zero-order valence-electron chi connectivity index (χ0n) is 15.7. The van der Waals surface area contributed by atoms with Crippen molar-refractivity contribution in [2.24, 2.45) is 5.92 Å². The molecule has 1 aliphatic carbocycles. The molecule has 0 radical (unpaired) electrons. The van der Waals surface area contributed by atoms with Crippen molar-refractivity contribution < 1.29 is 9.53 Å². The highest BCUT2D eigenvalue weighted by Gasteiger charge is 2.22. The first-order valence-electron chi connectivity index (χ1n) is 9.40. The van der Waals surface area contributed by atoms with Gasteiger partial charge >= 0.3 is 0 Å². The van der Waals surface area contributed by atoms with Crippen molar-refractivity contribution in [2.75, 3.05) is 17.7 Å². The van der Waals surface area contributed by atoms with Crippen LogP contribution in [0.1, 0.15) is 39.5 Å². The van der Waals surface area contributed by atoms with E-state index < -0.39 is 0 Å². The molecule has 2 atom stereocenters. The number of rotatable bonds is 8. The van der Waals surface area contributed by atoms with Crippen LogP contribution in [0.4, 0.5) is 10.8 Å². The molecule has 1 aliphatic rings. The summed E-state index contributed by atoms with van der Waals surface area (Å²) < 4.78 is 6.39. The van der Waals surface area contributed by atoms with Crippen LogP contribution in [0, 0.1) is 5.92 Å². The molecule has 3 rings (SSSR count). The van der Waals surface area contributed by atoms with Gasteiger partial charge in [0.25, 0.3) is 0 Å². The quantitative estimate of drug-likeness (QED) is 0.630. The molecule has 1 amide bonds. The molecule has 1 aromatic carbocycles. The Labute approximate surface area is 168 Å². The summed E-state index contributed by atoms with van der Waals surface area (Å²) in [6, 6.07) is 8.05. The first-order chi connectivity index (χ1) is 13.2. The fourth-order valence-corrected chi connectivity index (χ4v) is 4.77. The molecular weight excluding hydrogens is 380 g/mol. The topological polar surface area (TPSA) is 76.1 Å². The van der Waals surface area contributed by atoms with E-state index in [9.17, 15) is 4.79 Å². The lowest BCUT2D eigenvalue weighted by Crippen LogP contribution is -2.41. The molecule has 6 nitrogen and oxygen atoms in total. The predicted octanol–water partition coefficient (Wildman–Crippen LogP) is 4.47. The second-order valence-corrected chi connectivity index (χ2v) is 8.85. The number of para-hydroxylation sites is 2. The minimum absolute atomic E-state index is 0.0742. The maximum absolute atomic E-state index is 12.2. The van der Waals surface area contributed by atoms with Crippen LogP contribution in [0.25, 0.3) is 0 Å². The predicted molar refractivity (Wildman–Crippen MR) is 111 cm³/mol. The molecule has 146 valence electrons. The molecule has 0 bridgehead atoms. The van der Waals surface area contributed by atoms with Crippen molar-refractivity contribution in [3.63, 3.8) is 0 Å². The fraction of sp³-hybridized carbons (Fsp3) is 0.526. The maximum atomic E-state index is 12.2. The van der Waals surface area contributed by atoms with Crippen LogP contribution in [0.15, 0.2) is 28.6 Å². The van der Waals surface area contributed by atoms with E-state index in [2.05, 4.69) is 27.8 Å². The number of thioether (sulfide) groups is 1. The van der Waals surface area contributed by atoms with E-state index in [4.69, 9.17) is 4.74 Å². The number of benzene rings is 1. The zero-order valence-corrected chi connectivity index (χ0v) is 17.4. The van der Waals surface area contributed by atoms with Crippen LogP contribution in [-0.2, 0) is 4.79 Å². The van der Waals surface area contributed by atoms with Crippen molar-refractivity contribution in [3.05, 3.63) is 24.3 Å². The summed E-state index contributed by atoms with van der Waals surface area (Å²) >= 11 is 2.86. The van der Waals surface area contributed by atoms with Crippen LogP contribution >= 0.6 is 23.1 Å². The molecule has 2 aromatic rings. The van der Waals surface area contributed by atoms with Crippen molar-refractivity contribution in [1.29, 1.82) is 0 Å². The number of nitrogens with one attached hydrogen (secondary N) is 2. The van der Waals surface area contributed by atoms with Crippen LogP contribution < -0.4 is 15.4 Å². The zero-order chi connectivity index (χ0) is 19.1. The van der Waals surface area contributed by atoms with E-state index >= 15 is 0 Å². The summed E-state index contributed by atoms with van der Waals surface area (Å²) in [5.41, 5.74) is 0.857. The lowest BCUT2D eigenvalue weighted by molar-refractivity contribution is -0.119. The van der Waals surface area contributed by atoms with Crippen LogP contribution in [-0.4, -0.2) is 34.5 Å². The van der Waals surface area contributed by atoms with E-state index in [1.165, 1.54) is 42.4 Å². The lowest BCUT2D eigenvalue weighted by Gasteiger charge is -2.29. The Morgan fingerprint density at radius 3 is 2.93 bits per heavy atom. The maximum Gasteiger partial charge on any atom is 0.230 e. The first-order valence-corrected chi connectivity index (χ1v) is 11.2. The van der Waals surface area contributed by atoms with Gasteiger partial charge in [0.05, 0.1) is 18.0 Å². The van der Waals surface area contributed by atoms with Gasteiger partial charge in [0.2, 0.25) is 11.0 Å². The molecule has 27 heavy (non-hydrogen) atoms.